The lowest BCUT2D eigenvalue weighted by Gasteiger charge is -2.38. The highest BCUT2D eigenvalue weighted by Gasteiger charge is 2.42. The van der Waals surface area contributed by atoms with Gasteiger partial charge in [0.1, 0.15) is 0 Å². The van der Waals surface area contributed by atoms with Crippen LogP contribution in [0.5, 0.6) is 0 Å². The third-order valence-corrected chi connectivity index (χ3v) is 8.87. The van der Waals surface area contributed by atoms with Gasteiger partial charge in [-0.25, -0.2) is 0 Å². The second-order valence-electron chi connectivity index (χ2n) is 6.91. The summed E-state index contributed by atoms with van der Waals surface area (Å²) in [6.45, 7) is 16.3. The van der Waals surface area contributed by atoms with E-state index in [-0.39, 0.29) is 12.1 Å². The monoisotopic (exact) mass is 257 g/mol. The van der Waals surface area contributed by atoms with Crippen LogP contribution in [0.1, 0.15) is 34.1 Å². The van der Waals surface area contributed by atoms with Crippen LogP contribution in [0.4, 0.5) is 0 Å². The molecule has 0 aliphatic carbocycles. The van der Waals surface area contributed by atoms with E-state index in [1.165, 1.54) is 0 Å². The van der Waals surface area contributed by atoms with Crippen LogP contribution in [-0.4, -0.2) is 43.9 Å². The Bertz CT molecular complexity index is 266. The Kier molecular flexibility index (Phi) is 4.51. The molecule has 0 amide bonds. The normalized spacial score (nSPS) is 27.5. The lowest BCUT2D eigenvalue weighted by molar-refractivity contribution is 0.191. The Morgan fingerprint density at radius 3 is 2.24 bits per heavy atom. The number of hydrogen-bond acceptors (Lipinski definition) is 3. The zero-order valence-corrected chi connectivity index (χ0v) is 13.4. The first-order valence-electron chi connectivity index (χ1n) is 6.66. The van der Waals surface area contributed by atoms with Crippen molar-refractivity contribution in [3.8, 4) is 0 Å². The average Bonchev–Trinajstić information content (AvgIpc) is 2.43. The molecule has 1 aliphatic rings. The van der Waals surface area contributed by atoms with Crippen molar-refractivity contribution in [2.75, 3.05) is 6.54 Å². The first-order valence-corrected chi connectivity index (χ1v) is 9.57. The molecule has 0 aromatic rings. The third-order valence-electron chi connectivity index (χ3n) is 4.33. The zero-order valence-electron chi connectivity index (χ0n) is 12.4. The lowest BCUT2D eigenvalue weighted by atomic mass is 9.84. The molecule has 0 unspecified atom stereocenters. The highest BCUT2D eigenvalue weighted by atomic mass is 28.4. The summed E-state index contributed by atoms with van der Waals surface area (Å²) in [5, 5.41) is 9.94. The van der Waals surface area contributed by atoms with Crippen molar-refractivity contribution < 1.29 is 9.45 Å². The molecule has 2 atom stereocenters. The van der Waals surface area contributed by atoms with Crippen LogP contribution in [0.25, 0.3) is 0 Å². The Morgan fingerprint density at radius 1 is 1.35 bits per heavy atom. The highest BCUT2D eigenvalue weighted by Crippen LogP contribution is 2.38. The van der Waals surface area contributed by atoms with Crippen LogP contribution in [0.3, 0.4) is 0 Å². The quantitative estimate of drug-likeness (QED) is 0.789. The summed E-state index contributed by atoms with van der Waals surface area (Å²) >= 11 is 0. The van der Waals surface area contributed by atoms with Gasteiger partial charge in [-0.3, -0.25) is 0 Å². The van der Waals surface area contributed by atoms with Gasteiger partial charge in [-0.05, 0) is 31.4 Å². The Labute approximate surface area is 108 Å². The summed E-state index contributed by atoms with van der Waals surface area (Å²) in [6.07, 6.45) is 1.33. The van der Waals surface area contributed by atoms with E-state index in [1.807, 2.05) is 6.82 Å². The van der Waals surface area contributed by atoms with Gasteiger partial charge in [-0.15, -0.1) is 0 Å². The molecule has 0 aromatic carbocycles. The van der Waals surface area contributed by atoms with E-state index in [0.717, 1.165) is 13.0 Å². The molecule has 1 N–H and O–H groups in total. The SMILES string of the molecule is CB(O)N1C[C@@H](O[Si](C)(C)C(C)(C)C)C[C@H]1C. The van der Waals surface area contributed by atoms with Crippen molar-refractivity contribution in [2.24, 2.45) is 0 Å². The van der Waals surface area contributed by atoms with Crippen molar-refractivity contribution in [2.45, 2.75) is 71.2 Å². The molecule has 5 heteroatoms. The Balaban J connectivity index is 2.61. The average molecular weight is 257 g/mol. The van der Waals surface area contributed by atoms with Crippen LogP contribution < -0.4 is 0 Å². The van der Waals surface area contributed by atoms with Gasteiger partial charge in [0.15, 0.2) is 8.32 Å². The fraction of sp³-hybridized carbons (Fsp3) is 1.00. The first kappa shape index (κ1) is 15.2. The Hall–Kier alpha value is 0.162. The van der Waals surface area contributed by atoms with Crippen LogP contribution in [0.2, 0.25) is 25.0 Å². The maximum Gasteiger partial charge on any atom is 0.376 e. The van der Waals surface area contributed by atoms with Crippen molar-refractivity contribution in [3.05, 3.63) is 0 Å². The van der Waals surface area contributed by atoms with E-state index < -0.39 is 8.32 Å². The van der Waals surface area contributed by atoms with Gasteiger partial charge in [0.05, 0.1) is 6.10 Å². The second kappa shape index (κ2) is 5.04. The van der Waals surface area contributed by atoms with Crippen molar-refractivity contribution in [1.29, 1.82) is 0 Å². The first-order chi connectivity index (χ1) is 7.54. The van der Waals surface area contributed by atoms with E-state index in [2.05, 4.69) is 45.6 Å². The minimum Gasteiger partial charge on any atom is -0.437 e. The maximum absolute atomic E-state index is 9.68. The van der Waals surface area contributed by atoms with Gasteiger partial charge in [-0.2, -0.15) is 0 Å². The standard InChI is InChI=1S/C12H28BNO2Si/c1-10-8-11(9-14(10)13(5)15)16-17(6,7)12(2,3)4/h10-11,15H,8-9H2,1-7H3/t10-,11+/m1/s1. The molecule has 17 heavy (non-hydrogen) atoms. The van der Waals surface area contributed by atoms with E-state index in [0.29, 0.717) is 12.1 Å². The van der Waals surface area contributed by atoms with Gasteiger partial charge >= 0.3 is 7.05 Å². The topological polar surface area (TPSA) is 32.7 Å². The molecule has 0 bridgehead atoms. The fourth-order valence-electron chi connectivity index (χ4n) is 2.21. The van der Waals surface area contributed by atoms with E-state index >= 15 is 0 Å². The van der Waals surface area contributed by atoms with Gasteiger partial charge in [-0.1, -0.05) is 27.7 Å². The second-order valence-corrected chi connectivity index (χ2v) is 11.7. The molecule has 1 fully saturated rings. The van der Waals surface area contributed by atoms with Gasteiger partial charge in [0, 0.05) is 12.6 Å². The van der Waals surface area contributed by atoms with Crippen LogP contribution in [0, 0.1) is 0 Å². The summed E-state index contributed by atoms with van der Waals surface area (Å²) in [7, 11) is -2.04. The van der Waals surface area contributed by atoms with E-state index in [1.54, 1.807) is 0 Å². The predicted molar refractivity (Wildman–Crippen MR) is 76.7 cm³/mol. The molecule has 3 nitrogen and oxygen atoms in total. The molecule has 0 radical (unpaired) electrons. The smallest absolute Gasteiger partial charge is 0.376 e. The molecule has 0 aromatic heterocycles. The molecule has 0 spiro atoms. The summed E-state index contributed by atoms with van der Waals surface area (Å²) in [5.41, 5.74) is 0. The van der Waals surface area contributed by atoms with Gasteiger partial charge in [0.25, 0.3) is 0 Å². The minimum absolute atomic E-state index is 0.258. The molecule has 1 saturated heterocycles. The number of nitrogens with zero attached hydrogens (tertiary/aromatic N) is 1. The van der Waals surface area contributed by atoms with Crippen molar-refractivity contribution in [3.63, 3.8) is 0 Å². The summed E-state index contributed by atoms with van der Waals surface area (Å²) in [4.78, 5) is 2.12. The largest absolute Gasteiger partial charge is 0.437 e. The molecular weight excluding hydrogens is 229 g/mol. The zero-order chi connectivity index (χ0) is 13.4. The predicted octanol–water partition coefficient (Wildman–Crippen LogP) is 2.58. The molecule has 0 saturated carbocycles. The van der Waals surface area contributed by atoms with Crippen LogP contribution in [-0.2, 0) is 4.43 Å². The molecular formula is C12H28BNO2Si. The van der Waals surface area contributed by atoms with Crippen molar-refractivity contribution in [1.82, 2.24) is 4.81 Å². The van der Waals surface area contributed by atoms with Crippen LogP contribution in [0.15, 0.2) is 0 Å². The summed E-state index contributed by atoms with van der Waals surface area (Å²) in [5.74, 6) is 0. The fourth-order valence-corrected chi connectivity index (χ4v) is 3.56. The number of rotatable bonds is 3. The third kappa shape index (κ3) is 3.56. The summed E-state index contributed by atoms with van der Waals surface area (Å²) in [6, 6.07) is 0.421. The molecule has 100 valence electrons. The van der Waals surface area contributed by atoms with Gasteiger partial charge in [0.2, 0.25) is 0 Å². The van der Waals surface area contributed by atoms with E-state index in [4.69, 9.17) is 4.43 Å². The molecule has 1 rings (SSSR count). The van der Waals surface area contributed by atoms with Gasteiger partial charge < -0.3 is 14.3 Å². The maximum atomic E-state index is 9.68. The van der Waals surface area contributed by atoms with Crippen molar-refractivity contribution >= 4 is 15.4 Å². The minimum atomic E-state index is -1.67. The Morgan fingerprint density at radius 2 is 1.88 bits per heavy atom. The lowest BCUT2D eigenvalue weighted by Crippen LogP contribution is -2.45. The van der Waals surface area contributed by atoms with E-state index in [9.17, 15) is 5.02 Å². The molecule has 1 heterocycles. The van der Waals surface area contributed by atoms with Crippen LogP contribution >= 0.6 is 0 Å². The summed E-state index contributed by atoms with van der Waals surface area (Å²) < 4.78 is 6.40. The highest BCUT2D eigenvalue weighted by molar-refractivity contribution is 6.74. The molecule has 1 aliphatic heterocycles. The number of hydrogen-bond donors (Lipinski definition) is 1.